The number of anilines is 1. The van der Waals surface area contributed by atoms with Crippen molar-refractivity contribution in [3.05, 3.63) is 65.5 Å². The molecular formula is C18H18FNO3. The molecule has 0 aliphatic carbocycles. The number of hydrogen-bond acceptors (Lipinski definition) is 3. The molecule has 0 aliphatic rings. The standard InChI is InChI=1S/C18H18FNO3/c1-18(2,13-6-8-14(19)9-7-13)17(22)20-15-10-4-12(5-11-15)16(21)23-3/h4-11H,1-3H3,(H,20,22). The van der Waals surface area contributed by atoms with E-state index in [1.807, 2.05) is 0 Å². The van der Waals surface area contributed by atoms with Crippen LogP contribution in [0, 0.1) is 5.82 Å². The molecular weight excluding hydrogens is 297 g/mol. The molecule has 0 unspecified atom stereocenters. The predicted molar refractivity (Wildman–Crippen MR) is 85.8 cm³/mol. The van der Waals surface area contributed by atoms with Crippen molar-refractivity contribution in [2.45, 2.75) is 19.3 Å². The van der Waals surface area contributed by atoms with E-state index in [1.165, 1.54) is 19.2 Å². The lowest BCUT2D eigenvalue weighted by atomic mass is 9.83. The molecule has 5 heteroatoms. The van der Waals surface area contributed by atoms with Gasteiger partial charge in [0.15, 0.2) is 0 Å². The Hall–Kier alpha value is -2.69. The maximum Gasteiger partial charge on any atom is 0.337 e. The summed E-state index contributed by atoms with van der Waals surface area (Å²) in [6.45, 7) is 3.52. The molecule has 2 aromatic rings. The highest BCUT2D eigenvalue weighted by Gasteiger charge is 2.29. The molecule has 2 rings (SSSR count). The van der Waals surface area contributed by atoms with E-state index in [0.717, 1.165) is 0 Å². The zero-order valence-corrected chi connectivity index (χ0v) is 13.2. The lowest BCUT2D eigenvalue weighted by Crippen LogP contribution is -2.34. The van der Waals surface area contributed by atoms with Crippen molar-refractivity contribution >= 4 is 17.6 Å². The van der Waals surface area contributed by atoms with E-state index in [2.05, 4.69) is 10.1 Å². The third-order valence-corrected chi connectivity index (χ3v) is 3.70. The Kier molecular flexibility index (Phi) is 4.79. The molecule has 23 heavy (non-hydrogen) atoms. The van der Waals surface area contributed by atoms with Gasteiger partial charge < -0.3 is 10.1 Å². The van der Waals surface area contributed by atoms with Gasteiger partial charge >= 0.3 is 5.97 Å². The van der Waals surface area contributed by atoms with Crippen LogP contribution < -0.4 is 5.32 Å². The summed E-state index contributed by atoms with van der Waals surface area (Å²) in [5.41, 5.74) is 0.859. The fourth-order valence-electron chi connectivity index (χ4n) is 2.09. The molecule has 0 spiro atoms. The Balaban J connectivity index is 2.14. The van der Waals surface area contributed by atoms with E-state index in [9.17, 15) is 14.0 Å². The number of rotatable bonds is 4. The predicted octanol–water partition coefficient (Wildman–Crippen LogP) is 3.53. The van der Waals surface area contributed by atoms with Gasteiger partial charge in [-0.3, -0.25) is 4.79 Å². The van der Waals surface area contributed by atoms with Gasteiger partial charge in [0, 0.05) is 5.69 Å². The van der Waals surface area contributed by atoms with E-state index in [4.69, 9.17) is 0 Å². The molecule has 0 aromatic heterocycles. The van der Waals surface area contributed by atoms with Crippen molar-refractivity contribution in [3.63, 3.8) is 0 Å². The van der Waals surface area contributed by atoms with Crippen LogP contribution in [0.1, 0.15) is 29.8 Å². The van der Waals surface area contributed by atoms with Gasteiger partial charge in [0.2, 0.25) is 5.91 Å². The zero-order valence-electron chi connectivity index (χ0n) is 13.2. The molecule has 0 saturated heterocycles. The van der Waals surface area contributed by atoms with Crippen LogP contribution in [0.5, 0.6) is 0 Å². The van der Waals surface area contributed by atoms with Crippen molar-refractivity contribution in [1.29, 1.82) is 0 Å². The number of halogens is 1. The molecule has 0 radical (unpaired) electrons. The Morgan fingerprint density at radius 1 is 1.00 bits per heavy atom. The number of ether oxygens (including phenoxy) is 1. The molecule has 0 heterocycles. The highest BCUT2D eigenvalue weighted by atomic mass is 19.1. The molecule has 0 fully saturated rings. The number of esters is 1. The fraction of sp³-hybridized carbons (Fsp3) is 0.222. The van der Waals surface area contributed by atoms with Crippen LogP contribution in [0.25, 0.3) is 0 Å². The summed E-state index contributed by atoms with van der Waals surface area (Å²) < 4.78 is 17.6. The lowest BCUT2D eigenvalue weighted by molar-refractivity contribution is -0.120. The second kappa shape index (κ2) is 6.60. The van der Waals surface area contributed by atoms with Crippen molar-refractivity contribution in [2.24, 2.45) is 0 Å². The van der Waals surface area contributed by atoms with E-state index < -0.39 is 11.4 Å². The third-order valence-electron chi connectivity index (χ3n) is 3.70. The summed E-state index contributed by atoms with van der Waals surface area (Å²) in [7, 11) is 1.31. The van der Waals surface area contributed by atoms with Crippen LogP contribution in [0.2, 0.25) is 0 Å². The Bertz CT molecular complexity index is 706. The molecule has 2 aromatic carbocycles. The van der Waals surface area contributed by atoms with E-state index in [-0.39, 0.29) is 11.7 Å². The van der Waals surface area contributed by atoms with Gasteiger partial charge in [0.25, 0.3) is 0 Å². The van der Waals surface area contributed by atoms with Gasteiger partial charge in [-0.2, -0.15) is 0 Å². The number of hydrogen-bond donors (Lipinski definition) is 1. The highest BCUT2D eigenvalue weighted by molar-refractivity contribution is 5.99. The Morgan fingerprint density at radius 3 is 2.09 bits per heavy atom. The molecule has 1 amide bonds. The fourth-order valence-corrected chi connectivity index (χ4v) is 2.09. The van der Waals surface area contributed by atoms with Gasteiger partial charge in [-0.05, 0) is 55.8 Å². The minimum Gasteiger partial charge on any atom is -0.465 e. The topological polar surface area (TPSA) is 55.4 Å². The number of carbonyl (C=O) groups excluding carboxylic acids is 2. The van der Waals surface area contributed by atoms with Crippen molar-refractivity contribution in [3.8, 4) is 0 Å². The van der Waals surface area contributed by atoms with Gasteiger partial charge in [-0.25, -0.2) is 9.18 Å². The average Bonchev–Trinajstić information content (AvgIpc) is 2.55. The second-order valence-corrected chi connectivity index (χ2v) is 5.65. The smallest absolute Gasteiger partial charge is 0.337 e. The minimum absolute atomic E-state index is 0.227. The number of carbonyl (C=O) groups is 2. The normalized spacial score (nSPS) is 11.0. The molecule has 0 saturated carbocycles. The molecule has 0 bridgehead atoms. The highest BCUT2D eigenvalue weighted by Crippen LogP contribution is 2.25. The second-order valence-electron chi connectivity index (χ2n) is 5.65. The number of benzene rings is 2. The van der Waals surface area contributed by atoms with Crippen LogP contribution in [0.15, 0.2) is 48.5 Å². The number of amides is 1. The van der Waals surface area contributed by atoms with Crippen molar-refractivity contribution < 1.29 is 18.7 Å². The Morgan fingerprint density at radius 2 is 1.57 bits per heavy atom. The first kappa shape index (κ1) is 16.7. The first-order valence-corrected chi connectivity index (χ1v) is 7.10. The maximum atomic E-state index is 13.0. The Labute approximate surface area is 134 Å². The van der Waals surface area contributed by atoms with Gasteiger partial charge in [-0.15, -0.1) is 0 Å². The largest absolute Gasteiger partial charge is 0.465 e. The summed E-state index contributed by atoms with van der Waals surface area (Å²) in [5, 5.41) is 2.79. The van der Waals surface area contributed by atoms with Gasteiger partial charge in [0.05, 0.1) is 18.1 Å². The molecule has 4 nitrogen and oxygen atoms in total. The molecule has 120 valence electrons. The van der Waals surface area contributed by atoms with E-state index in [1.54, 1.807) is 50.2 Å². The summed E-state index contributed by atoms with van der Waals surface area (Å²) in [4.78, 5) is 23.9. The van der Waals surface area contributed by atoms with Crippen LogP contribution in [0.4, 0.5) is 10.1 Å². The SMILES string of the molecule is COC(=O)c1ccc(NC(=O)C(C)(C)c2ccc(F)cc2)cc1. The molecule has 0 atom stereocenters. The third kappa shape index (κ3) is 3.74. The average molecular weight is 315 g/mol. The van der Waals surface area contributed by atoms with Crippen LogP contribution in [-0.2, 0) is 14.9 Å². The van der Waals surface area contributed by atoms with Crippen LogP contribution in [0.3, 0.4) is 0 Å². The first-order chi connectivity index (χ1) is 10.8. The lowest BCUT2D eigenvalue weighted by Gasteiger charge is -2.24. The minimum atomic E-state index is -0.825. The van der Waals surface area contributed by atoms with Crippen LogP contribution >= 0.6 is 0 Å². The van der Waals surface area contributed by atoms with Crippen molar-refractivity contribution in [1.82, 2.24) is 0 Å². The zero-order chi connectivity index (χ0) is 17.0. The monoisotopic (exact) mass is 315 g/mol. The number of methoxy groups -OCH3 is 1. The van der Waals surface area contributed by atoms with Gasteiger partial charge in [-0.1, -0.05) is 12.1 Å². The van der Waals surface area contributed by atoms with E-state index >= 15 is 0 Å². The summed E-state index contributed by atoms with van der Waals surface area (Å²) in [6.07, 6.45) is 0. The van der Waals surface area contributed by atoms with Crippen molar-refractivity contribution in [2.75, 3.05) is 12.4 Å². The maximum absolute atomic E-state index is 13.0. The van der Waals surface area contributed by atoms with E-state index in [0.29, 0.717) is 16.8 Å². The molecule has 0 aliphatic heterocycles. The number of nitrogens with one attached hydrogen (secondary N) is 1. The van der Waals surface area contributed by atoms with Gasteiger partial charge in [0.1, 0.15) is 5.82 Å². The summed E-state index contributed by atoms with van der Waals surface area (Å²) in [6, 6.07) is 12.3. The quantitative estimate of drug-likeness (QED) is 0.878. The molecule has 1 N–H and O–H groups in total. The van der Waals surface area contributed by atoms with Crippen LogP contribution in [-0.4, -0.2) is 19.0 Å². The summed E-state index contributed by atoms with van der Waals surface area (Å²) >= 11 is 0. The first-order valence-electron chi connectivity index (χ1n) is 7.10. The summed E-state index contributed by atoms with van der Waals surface area (Å²) in [5.74, 6) is -1.01.